The molecule has 44 heavy (non-hydrogen) atoms. The standard InChI is InChI=1S/C27H37ClN8O.C2HF3O2/c1-21(2)19-36(26-24(28)18-30-25(17-29)31-26)32-27(37)23-7-5-6-22(16-23)20-35-14-12-34(13-15-35)11-10-33-8-3-4-9-33;3-2(4,5)1(6)7/h5-7,16,18,21H,3-4,8-15,19-20H2,1-2H3,(H,32,37);(H,6,7). The Morgan fingerprint density at radius 2 is 1.68 bits per heavy atom. The molecule has 1 amide bonds. The lowest BCUT2D eigenvalue weighted by atomic mass is 10.1. The maximum Gasteiger partial charge on any atom is 0.490 e. The molecular weight excluding hydrogens is 601 g/mol. The van der Waals surface area contributed by atoms with Crippen molar-refractivity contribution in [2.75, 3.05) is 63.9 Å². The van der Waals surface area contributed by atoms with Crippen molar-refractivity contribution in [3.8, 4) is 6.07 Å². The molecule has 4 rings (SSSR count). The minimum atomic E-state index is -5.08. The zero-order chi connectivity index (χ0) is 32.3. The number of nitrogens with one attached hydrogen (secondary N) is 1. The minimum absolute atomic E-state index is 0.000504. The zero-order valence-electron chi connectivity index (χ0n) is 24.9. The van der Waals surface area contributed by atoms with Crippen molar-refractivity contribution in [2.45, 2.75) is 39.4 Å². The van der Waals surface area contributed by atoms with Gasteiger partial charge in [-0.3, -0.25) is 25.0 Å². The maximum absolute atomic E-state index is 13.2. The summed E-state index contributed by atoms with van der Waals surface area (Å²) in [6, 6.07) is 9.68. The van der Waals surface area contributed by atoms with Gasteiger partial charge in [0.1, 0.15) is 11.1 Å². The number of carboxylic acid groups (broad SMARTS) is 1. The highest BCUT2D eigenvalue weighted by Crippen LogP contribution is 2.22. The third-order valence-corrected chi connectivity index (χ3v) is 7.37. The van der Waals surface area contributed by atoms with Crippen molar-refractivity contribution >= 4 is 29.3 Å². The number of carbonyl (C=O) groups is 2. The van der Waals surface area contributed by atoms with Crippen LogP contribution in [0.15, 0.2) is 30.5 Å². The van der Waals surface area contributed by atoms with E-state index in [2.05, 4.69) is 36.2 Å². The fourth-order valence-corrected chi connectivity index (χ4v) is 5.06. The van der Waals surface area contributed by atoms with E-state index in [1.54, 1.807) is 5.01 Å². The van der Waals surface area contributed by atoms with E-state index < -0.39 is 12.1 Å². The van der Waals surface area contributed by atoms with Crippen LogP contribution in [-0.4, -0.2) is 107 Å². The van der Waals surface area contributed by atoms with Crippen LogP contribution in [0.5, 0.6) is 0 Å². The van der Waals surface area contributed by atoms with E-state index in [1.165, 1.54) is 38.7 Å². The van der Waals surface area contributed by atoms with Crippen molar-refractivity contribution in [3.63, 3.8) is 0 Å². The van der Waals surface area contributed by atoms with Gasteiger partial charge in [-0.2, -0.15) is 23.4 Å². The number of nitrogens with zero attached hydrogens (tertiary/aromatic N) is 7. The fraction of sp³-hybridized carbons (Fsp3) is 0.552. The summed E-state index contributed by atoms with van der Waals surface area (Å²) in [5.41, 5.74) is 4.61. The number of halogens is 4. The van der Waals surface area contributed by atoms with Gasteiger partial charge in [-0.25, -0.2) is 9.78 Å². The Kier molecular flexibility index (Phi) is 13.1. The van der Waals surface area contributed by atoms with Crippen LogP contribution in [0.4, 0.5) is 19.0 Å². The van der Waals surface area contributed by atoms with Crippen LogP contribution in [0.25, 0.3) is 0 Å². The number of anilines is 1. The fourth-order valence-electron chi connectivity index (χ4n) is 4.87. The lowest BCUT2D eigenvalue weighted by molar-refractivity contribution is -0.192. The van der Waals surface area contributed by atoms with Gasteiger partial charge in [-0.1, -0.05) is 37.6 Å². The highest BCUT2D eigenvalue weighted by Gasteiger charge is 2.38. The summed E-state index contributed by atoms with van der Waals surface area (Å²) in [6.07, 6.45) is -1.01. The summed E-state index contributed by atoms with van der Waals surface area (Å²) in [5, 5.41) is 18.2. The summed E-state index contributed by atoms with van der Waals surface area (Å²) in [7, 11) is 0. The second-order valence-electron chi connectivity index (χ2n) is 11.1. The van der Waals surface area contributed by atoms with Crippen LogP contribution in [-0.2, 0) is 11.3 Å². The van der Waals surface area contributed by atoms with E-state index in [0.717, 1.165) is 44.8 Å². The molecule has 3 heterocycles. The molecule has 0 bridgehead atoms. The molecular formula is C29H38ClF3N8O3. The quantitative estimate of drug-likeness (QED) is 0.372. The summed E-state index contributed by atoms with van der Waals surface area (Å²) >= 11 is 6.32. The SMILES string of the molecule is CC(C)CN(NC(=O)c1cccc(CN2CCN(CCN3CCCC3)CC2)c1)c1nc(C#N)ncc1Cl.O=C(O)C(F)(F)F. The number of hydrogen-bond donors (Lipinski definition) is 2. The molecule has 0 atom stereocenters. The van der Waals surface area contributed by atoms with E-state index in [-0.39, 0.29) is 22.7 Å². The van der Waals surface area contributed by atoms with Crippen LogP contribution < -0.4 is 10.4 Å². The third-order valence-electron chi connectivity index (χ3n) is 7.10. The molecule has 240 valence electrons. The number of benzene rings is 1. The van der Waals surface area contributed by atoms with E-state index in [1.807, 2.05) is 38.1 Å². The molecule has 1 aromatic carbocycles. The Morgan fingerprint density at radius 1 is 1.09 bits per heavy atom. The van der Waals surface area contributed by atoms with Crippen molar-refractivity contribution in [3.05, 3.63) is 52.4 Å². The molecule has 15 heteroatoms. The molecule has 2 aromatic rings. The van der Waals surface area contributed by atoms with Gasteiger partial charge in [0.15, 0.2) is 5.82 Å². The smallest absolute Gasteiger partial charge is 0.475 e. The average Bonchev–Trinajstić information content (AvgIpc) is 3.50. The first-order chi connectivity index (χ1) is 20.8. The molecule has 1 aromatic heterocycles. The molecule has 0 spiro atoms. The Bertz CT molecular complexity index is 1290. The second kappa shape index (κ2) is 16.5. The number of alkyl halides is 3. The monoisotopic (exact) mass is 638 g/mol. The predicted molar refractivity (Wildman–Crippen MR) is 159 cm³/mol. The molecule has 2 aliphatic heterocycles. The Labute approximate surface area is 260 Å². The first kappa shape index (κ1) is 35.0. The number of rotatable bonds is 10. The summed E-state index contributed by atoms with van der Waals surface area (Å²) in [6.45, 7) is 14.5. The van der Waals surface area contributed by atoms with Gasteiger partial charge < -0.3 is 10.0 Å². The number of likely N-dealkylation sites (tertiary alicyclic amines) is 1. The lowest BCUT2D eigenvalue weighted by Gasteiger charge is -2.35. The van der Waals surface area contributed by atoms with E-state index in [4.69, 9.17) is 21.5 Å². The minimum Gasteiger partial charge on any atom is -0.475 e. The number of nitriles is 1. The zero-order valence-corrected chi connectivity index (χ0v) is 25.6. The number of aliphatic carboxylic acids is 1. The molecule has 11 nitrogen and oxygen atoms in total. The summed E-state index contributed by atoms with van der Waals surface area (Å²) in [4.78, 5) is 37.8. The molecule has 0 unspecified atom stereocenters. The summed E-state index contributed by atoms with van der Waals surface area (Å²) in [5.74, 6) is -2.47. The molecule has 2 aliphatic rings. The summed E-state index contributed by atoms with van der Waals surface area (Å²) < 4.78 is 31.7. The first-order valence-corrected chi connectivity index (χ1v) is 14.8. The molecule has 0 aliphatic carbocycles. The number of amides is 1. The molecule has 0 saturated carbocycles. The predicted octanol–water partition coefficient (Wildman–Crippen LogP) is 3.66. The number of hydrazine groups is 1. The number of hydrogen-bond acceptors (Lipinski definition) is 9. The van der Waals surface area contributed by atoms with Crippen LogP contribution in [0.1, 0.15) is 48.4 Å². The normalized spacial score (nSPS) is 16.2. The number of aromatic nitrogens is 2. The lowest BCUT2D eigenvalue weighted by Crippen LogP contribution is -2.47. The molecule has 0 radical (unpaired) electrons. The van der Waals surface area contributed by atoms with Crippen molar-refractivity contribution < 1.29 is 27.9 Å². The Morgan fingerprint density at radius 3 is 2.25 bits per heavy atom. The van der Waals surface area contributed by atoms with E-state index in [9.17, 15) is 23.2 Å². The topological polar surface area (TPSA) is 129 Å². The Hall–Kier alpha value is -3.51. The molecule has 2 saturated heterocycles. The van der Waals surface area contributed by atoms with Gasteiger partial charge in [-0.05, 0) is 49.5 Å². The van der Waals surface area contributed by atoms with Crippen molar-refractivity contribution in [2.24, 2.45) is 5.92 Å². The Balaban J connectivity index is 0.000000676. The van der Waals surface area contributed by atoms with Crippen molar-refractivity contribution in [1.29, 1.82) is 5.26 Å². The average molecular weight is 639 g/mol. The number of carboxylic acids is 1. The van der Waals surface area contributed by atoms with Crippen molar-refractivity contribution in [1.82, 2.24) is 30.1 Å². The van der Waals surface area contributed by atoms with Gasteiger partial charge >= 0.3 is 12.1 Å². The second-order valence-corrected chi connectivity index (χ2v) is 11.5. The third kappa shape index (κ3) is 11.2. The van der Waals surface area contributed by atoms with Crippen LogP contribution in [0.3, 0.4) is 0 Å². The van der Waals surface area contributed by atoms with Gasteiger partial charge in [0, 0.05) is 57.9 Å². The van der Waals surface area contributed by atoms with E-state index >= 15 is 0 Å². The highest BCUT2D eigenvalue weighted by molar-refractivity contribution is 6.32. The molecule has 2 N–H and O–H groups in total. The van der Waals surface area contributed by atoms with Gasteiger partial charge in [0.05, 0.1) is 6.20 Å². The first-order valence-electron chi connectivity index (χ1n) is 14.4. The number of piperazine rings is 1. The maximum atomic E-state index is 13.2. The number of carbonyl (C=O) groups excluding carboxylic acids is 1. The van der Waals surface area contributed by atoms with E-state index in [0.29, 0.717) is 17.9 Å². The van der Waals surface area contributed by atoms with Crippen LogP contribution in [0, 0.1) is 17.2 Å². The van der Waals surface area contributed by atoms with Crippen LogP contribution in [0.2, 0.25) is 5.02 Å². The van der Waals surface area contributed by atoms with Crippen LogP contribution >= 0.6 is 11.6 Å². The highest BCUT2D eigenvalue weighted by atomic mass is 35.5. The van der Waals surface area contributed by atoms with Gasteiger partial charge in [-0.15, -0.1) is 0 Å². The largest absolute Gasteiger partial charge is 0.490 e. The molecule has 2 fully saturated rings. The van der Waals surface area contributed by atoms with Gasteiger partial charge in [0.25, 0.3) is 5.91 Å². The van der Waals surface area contributed by atoms with Gasteiger partial charge in [0.2, 0.25) is 5.82 Å².